The Labute approximate surface area is 170 Å². The number of benzene rings is 2. The third-order valence-electron chi connectivity index (χ3n) is 4.18. The second-order valence-electron chi connectivity index (χ2n) is 7.80. The first-order valence-corrected chi connectivity index (χ1v) is 9.66. The summed E-state index contributed by atoms with van der Waals surface area (Å²) in [4.78, 5) is 21.3. The molecule has 4 aromatic rings. The zero-order valence-electron chi connectivity index (χ0n) is 15.8. The highest BCUT2D eigenvalue weighted by Crippen LogP contribution is 2.31. The molecule has 7 nitrogen and oxygen atoms in total. The number of hydrogen-bond donors (Lipinski definition) is 1. The van der Waals surface area contributed by atoms with E-state index >= 15 is 0 Å². The number of fused-ring (bicyclic) bond motifs is 2. The van der Waals surface area contributed by atoms with Crippen molar-refractivity contribution in [2.24, 2.45) is 5.41 Å². The van der Waals surface area contributed by atoms with E-state index < -0.39 is 0 Å². The van der Waals surface area contributed by atoms with Gasteiger partial charge in [0.25, 0.3) is 5.91 Å². The summed E-state index contributed by atoms with van der Waals surface area (Å²) >= 11 is 3.55. The molecule has 2 aromatic carbocycles. The Balaban J connectivity index is 1.63. The number of halogens is 1. The van der Waals surface area contributed by atoms with E-state index in [2.05, 4.69) is 62.3 Å². The number of carbonyl (C=O) groups excluding carboxylic acids is 1. The van der Waals surface area contributed by atoms with Gasteiger partial charge in [-0.05, 0) is 45.6 Å². The molecular formula is C20H19BrN6O. The summed E-state index contributed by atoms with van der Waals surface area (Å²) in [6, 6.07) is 11.2. The third-order valence-corrected chi connectivity index (χ3v) is 4.98. The molecule has 1 N–H and O–H groups in total. The van der Waals surface area contributed by atoms with Crippen LogP contribution in [0.1, 0.15) is 31.3 Å². The molecule has 0 saturated heterocycles. The van der Waals surface area contributed by atoms with E-state index in [0.717, 1.165) is 17.6 Å². The maximum absolute atomic E-state index is 12.7. The molecule has 0 spiro atoms. The van der Waals surface area contributed by atoms with Crippen molar-refractivity contribution >= 4 is 49.6 Å². The molecule has 142 valence electrons. The van der Waals surface area contributed by atoms with Crippen LogP contribution in [0.25, 0.3) is 22.1 Å². The average Bonchev–Trinajstić information content (AvgIpc) is 3.05. The fourth-order valence-electron chi connectivity index (χ4n) is 2.92. The van der Waals surface area contributed by atoms with Crippen LogP contribution in [0.2, 0.25) is 0 Å². The normalized spacial score (nSPS) is 11.9. The molecular weight excluding hydrogens is 420 g/mol. The number of rotatable bonds is 3. The number of nitrogens with one attached hydrogen (secondary N) is 1. The van der Waals surface area contributed by atoms with Gasteiger partial charge in [-0.3, -0.25) is 9.78 Å². The first kappa shape index (κ1) is 18.5. The summed E-state index contributed by atoms with van der Waals surface area (Å²) in [5, 5.41) is 11.4. The van der Waals surface area contributed by atoms with Crippen LogP contribution >= 0.6 is 15.9 Å². The minimum Gasteiger partial charge on any atom is -0.319 e. The molecule has 0 aliphatic heterocycles. The standard InChI is InChI=1S/C20H19BrN6O/c1-20(2,3)11-27-16-9-8-14(17(21)18(16)25-26-27)24-19(28)15-10-22-12-6-4-5-7-13(12)23-15/h4-10H,11H2,1-3H3,(H,24,28). The van der Waals surface area contributed by atoms with Crippen LogP contribution in [0.15, 0.2) is 47.1 Å². The summed E-state index contributed by atoms with van der Waals surface area (Å²) in [5.74, 6) is -0.333. The predicted molar refractivity (Wildman–Crippen MR) is 112 cm³/mol. The topological polar surface area (TPSA) is 85.6 Å². The largest absolute Gasteiger partial charge is 0.319 e. The highest BCUT2D eigenvalue weighted by atomic mass is 79.9. The summed E-state index contributed by atoms with van der Waals surface area (Å²) < 4.78 is 2.56. The van der Waals surface area contributed by atoms with Crippen LogP contribution in [0, 0.1) is 5.41 Å². The minimum atomic E-state index is -0.333. The molecule has 0 atom stereocenters. The molecule has 0 radical (unpaired) electrons. The first-order valence-electron chi connectivity index (χ1n) is 8.87. The first-order chi connectivity index (χ1) is 13.3. The van der Waals surface area contributed by atoms with Crippen molar-refractivity contribution in [2.45, 2.75) is 27.3 Å². The van der Waals surface area contributed by atoms with E-state index in [1.165, 1.54) is 6.20 Å². The van der Waals surface area contributed by atoms with Gasteiger partial charge in [0, 0.05) is 6.54 Å². The van der Waals surface area contributed by atoms with Crippen molar-refractivity contribution in [1.29, 1.82) is 0 Å². The number of anilines is 1. The second kappa shape index (κ2) is 6.94. The van der Waals surface area contributed by atoms with Crippen LogP contribution in [0.4, 0.5) is 5.69 Å². The molecule has 1 amide bonds. The van der Waals surface area contributed by atoms with Crippen LogP contribution in [0.3, 0.4) is 0 Å². The van der Waals surface area contributed by atoms with E-state index in [1.807, 2.05) is 41.1 Å². The predicted octanol–water partition coefficient (Wildman–Crippen LogP) is 4.44. The van der Waals surface area contributed by atoms with Crippen molar-refractivity contribution in [3.05, 3.63) is 52.8 Å². The molecule has 0 aliphatic carbocycles. The molecule has 4 rings (SSSR count). The molecule has 2 heterocycles. The molecule has 2 aromatic heterocycles. The SMILES string of the molecule is CC(C)(C)Cn1nnc2c(Br)c(NC(=O)c3cnc4ccccc4n3)ccc21. The fourth-order valence-corrected chi connectivity index (χ4v) is 3.43. The minimum absolute atomic E-state index is 0.0781. The highest BCUT2D eigenvalue weighted by Gasteiger charge is 2.18. The van der Waals surface area contributed by atoms with Gasteiger partial charge < -0.3 is 5.32 Å². The zero-order valence-corrected chi connectivity index (χ0v) is 17.4. The van der Waals surface area contributed by atoms with Gasteiger partial charge >= 0.3 is 0 Å². The average molecular weight is 439 g/mol. The van der Waals surface area contributed by atoms with Crippen LogP contribution in [-0.4, -0.2) is 30.9 Å². The second-order valence-corrected chi connectivity index (χ2v) is 8.59. The Morgan fingerprint density at radius 1 is 1.14 bits per heavy atom. The molecule has 0 fully saturated rings. The highest BCUT2D eigenvalue weighted by molar-refractivity contribution is 9.10. The lowest BCUT2D eigenvalue weighted by molar-refractivity contribution is 0.102. The Hall–Kier alpha value is -2.87. The maximum atomic E-state index is 12.7. The van der Waals surface area contributed by atoms with Crippen molar-refractivity contribution in [3.8, 4) is 0 Å². The summed E-state index contributed by atoms with van der Waals surface area (Å²) in [5.41, 5.74) is 3.97. The van der Waals surface area contributed by atoms with Gasteiger partial charge in [0.2, 0.25) is 0 Å². The van der Waals surface area contributed by atoms with E-state index in [4.69, 9.17) is 0 Å². The van der Waals surface area contributed by atoms with E-state index in [9.17, 15) is 4.79 Å². The van der Waals surface area contributed by atoms with Gasteiger partial charge in [0.15, 0.2) is 0 Å². The lowest BCUT2D eigenvalue weighted by Gasteiger charge is -2.18. The lowest BCUT2D eigenvalue weighted by atomic mass is 9.97. The van der Waals surface area contributed by atoms with Crippen LogP contribution in [0.5, 0.6) is 0 Å². The molecule has 0 bridgehead atoms. The lowest BCUT2D eigenvalue weighted by Crippen LogP contribution is -2.16. The number of carbonyl (C=O) groups is 1. The summed E-state index contributed by atoms with van der Waals surface area (Å²) in [6.45, 7) is 7.19. The summed E-state index contributed by atoms with van der Waals surface area (Å²) in [6.07, 6.45) is 1.48. The number of hydrogen-bond acceptors (Lipinski definition) is 5. The third kappa shape index (κ3) is 3.60. The smallest absolute Gasteiger partial charge is 0.275 e. The van der Waals surface area contributed by atoms with Crippen LogP contribution in [-0.2, 0) is 6.54 Å². The molecule has 0 unspecified atom stereocenters. The van der Waals surface area contributed by atoms with Gasteiger partial charge in [-0.2, -0.15) is 0 Å². The van der Waals surface area contributed by atoms with E-state index in [0.29, 0.717) is 21.2 Å². The summed E-state index contributed by atoms with van der Waals surface area (Å²) in [7, 11) is 0. The van der Waals surface area contributed by atoms with Crippen LogP contribution < -0.4 is 5.32 Å². The quantitative estimate of drug-likeness (QED) is 0.510. The molecule has 8 heteroatoms. The molecule has 0 saturated carbocycles. The Morgan fingerprint density at radius 2 is 1.89 bits per heavy atom. The number of aromatic nitrogens is 5. The van der Waals surface area contributed by atoms with Gasteiger partial charge in [0.05, 0.1) is 32.9 Å². The molecule has 28 heavy (non-hydrogen) atoms. The van der Waals surface area contributed by atoms with E-state index in [-0.39, 0.29) is 17.0 Å². The van der Waals surface area contributed by atoms with Gasteiger partial charge in [-0.25, -0.2) is 9.67 Å². The number of para-hydroxylation sites is 2. The van der Waals surface area contributed by atoms with Crippen molar-refractivity contribution < 1.29 is 4.79 Å². The van der Waals surface area contributed by atoms with Crippen molar-refractivity contribution in [1.82, 2.24) is 25.0 Å². The Bertz CT molecular complexity index is 1190. The van der Waals surface area contributed by atoms with Crippen molar-refractivity contribution in [3.63, 3.8) is 0 Å². The zero-order chi connectivity index (χ0) is 19.9. The van der Waals surface area contributed by atoms with E-state index in [1.54, 1.807) is 0 Å². The van der Waals surface area contributed by atoms with Crippen molar-refractivity contribution in [2.75, 3.05) is 5.32 Å². The monoisotopic (exact) mass is 438 g/mol. The Kier molecular flexibility index (Phi) is 4.58. The Morgan fingerprint density at radius 3 is 2.64 bits per heavy atom. The van der Waals surface area contributed by atoms with Gasteiger partial charge in [0.1, 0.15) is 11.2 Å². The molecule has 0 aliphatic rings. The maximum Gasteiger partial charge on any atom is 0.275 e. The van der Waals surface area contributed by atoms with Gasteiger partial charge in [-0.15, -0.1) is 5.10 Å². The fraction of sp³-hybridized carbons (Fsp3) is 0.250. The number of nitrogens with zero attached hydrogens (tertiary/aromatic N) is 5. The number of amides is 1. The van der Waals surface area contributed by atoms with Gasteiger partial charge in [-0.1, -0.05) is 38.1 Å².